The molecule has 0 aromatic carbocycles. The number of nitrogens with zero attached hydrogens (tertiary/aromatic N) is 8. The summed E-state index contributed by atoms with van der Waals surface area (Å²) in [7, 11) is 0.868. The van der Waals surface area contributed by atoms with Crippen molar-refractivity contribution in [2.75, 3.05) is 29.9 Å². The van der Waals surface area contributed by atoms with Gasteiger partial charge in [0.25, 0.3) is 0 Å². The first-order valence-corrected chi connectivity index (χ1v) is 15.6. The minimum Gasteiger partial charge on any atom is -0.338 e. The van der Waals surface area contributed by atoms with E-state index in [2.05, 4.69) is 56.1 Å². The van der Waals surface area contributed by atoms with E-state index in [4.69, 9.17) is 4.98 Å². The molecule has 1 N–H and O–H groups in total. The molecular formula is C29H35N9O2S. The fourth-order valence-corrected chi connectivity index (χ4v) is 6.63. The summed E-state index contributed by atoms with van der Waals surface area (Å²) >= 11 is 0. The predicted molar refractivity (Wildman–Crippen MR) is 160 cm³/mol. The second-order valence-corrected chi connectivity index (χ2v) is 13.7. The Labute approximate surface area is 239 Å². The fourth-order valence-electron chi connectivity index (χ4n) is 5.43. The molecule has 0 saturated carbocycles. The molecule has 1 fully saturated rings. The molecule has 1 saturated heterocycles. The Bertz CT molecular complexity index is 1790. The van der Waals surface area contributed by atoms with E-state index in [1.807, 2.05) is 57.1 Å². The van der Waals surface area contributed by atoms with E-state index < -0.39 is 9.84 Å². The lowest BCUT2D eigenvalue weighted by Crippen LogP contribution is -2.51. The summed E-state index contributed by atoms with van der Waals surface area (Å²) in [5, 5.41) is 12.9. The van der Waals surface area contributed by atoms with Crippen LogP contribution in [0, 0.1) is 0 Å². The van der Waals surface area contributed by atoms with Gasteiger partial charge in [0, 0.05) is 68.5 Å². The van der Waals surface area contributed by atoms with Crippen LogP contribution in [-0.2, 0) is 30.4 Å². The first-order chi connectivity index (χ1) is 19.6. The van der Waals surface area contributed by atoms with E-state index in [9.17, 15) is 8.42 Å². The van der Waals surface area contributed by atoms with E-state index in [1.165, 1.54) is 5.56 Å². The fraction of sp³-hybridized carbons (Fsp3) is 0.379. The van der Waals surface area contributed by atoms with Crippen molar-refractivity contribution in [3.63, 3.8) is 0 Å². The number of fused-ring (bicyclic) bond motifs is 1. The molecule has 0 spiro atoms. The molecular weight excluding hydrogens is 538 g/mol. The SMILES string of the molecule is Cn1cc(Nc2ccc(-c3ccc4c(CCC(C)(C)N5CCS(=O)(=O)CC5)cn(-c5cnn(C)c5)c4n3)cn2)cn1. The standard InChI is InChI=1S/C29H35N9O2S/c1-29(2,37-11-13-41(39,40)14-12-37)10-9-22-18-38(24-17-32-36(4)20-24)28-25(22)6-7-26(34-28)21-5-8-27(30-15-21)33-23-16-31-35(3)19-23/h5-8,15-20H,9-14H2,1-4H3,(H,30,33). The van der Waals surface area contributed by atoms with Crippen LogP contribution in [0.2, 0.25) is 0 Å². The Morgan fingerprint density at radius 3 is 2.34 bits per heavy atom. The van der Waals surface area contributed by atoms with Crippen LogP contribution in [0.25, 0.3) is 28.0 Å². The van der Waals surface area contributed by atoms with Crippen LogP contribution in [-0.4, -0.2) is 77.5 Å². The Balaban J connectivity index is 1.28. The number of pyridine rings is 2. The van der Waals surface area contributed by atoms with Crippen molar-refractivity contribution in [3.05, 3.63) is 67.0 Å². The summed E-state index contributed by atoms with van der Waals surface area (Å²) < 4.78 is 29.5. The largest absolute Gasteiger partial charge is 0.338 e. The molecule has 214 valence electrons. The second kappa shape index (κ2) is 10.4. The lowest BCUT2D eigenvalue weighted by atomic mass is 9.93. The van der Waals surface area contributed by atoms with E-state index in [-0.39, 0.29) is 17.0 Å². The summed E-state index contributed by atoms with van der Waals surface area (Å²) in [5.41, 5.74) is 5.53. The molecule has 0 radical (unpaired) electrons. The number of hydrogen-bond acceptors (Lipinski definition) is 8. The van der Waals surface area contributed by atoms with Gasteiger partial charge in [-0.25, -0.2) is 18.4 Å². The molecule has 0 amide bonds. The zero-order valence-corrected chi connectivity index (χ0v) is 24.6. The molecule has 0 atom stereocenters. The van der Waals surface area contributed by atoms with E-state index >= 15 is 0 Å². The summed E-state index contributed by atoms with van der Waals surface area (Å²) in [6, 6.07) is 8.14. The lowest BCUT2D eigenvalue weighted by molar-refractivity contribution is 0.123. The van der Waals surface area contributed by atoms with E-state index in [0.717, 1.165) is 52.3 Å². The molecule has 0 unspecified atom stereocenters. The highest BCUT2D eigenvalue weighted by molar-refractivity contribution is 7.91. The highest BCUT2D eigenvalue weighted by Crippen LogP contribution is 2.31. The Kier molecular flexibility index (Phi) is 6.90. The molecule has 12 heteroatoms. The van der Waals surface area contributed by atoms with Crippen LogP contribution in [0.3, 0.4) is 0 Å². The van der Waals surface area contributed by atoms with Crippen LogP contribution in [0.4, 0.5) is 11.5 Å². The number of aryl methyl sites for hydroxylation is 3. The van der Waals surface area contributed by atoms with Gasteiger partial charge in [0.15, 0.2) is 9.84 Å². The Morgan fingerprint density at radius 1 is 0.927 bits per heavy atom. The van der Waals surface area contributed by atoms with Gasteiger partial charge in [-0.2, -0.15) is 10.2 Å². The molecule has 5 aromatic rings. The maximum Gasteiger partial charge on any atom is 0.152 e. The van der Waals surface area contributed by atoms with E-state index in [1.54, 1.807) is 15.6 Å². The van der Waals surface area contributed by atoms with Gasteiger partial charge in [-0.3, -0.25) is 18.8 Å². The topological polar surface area (TPSA) is 116 Å². The Hall–Kier alpha value is -4.03. The van der Waals surface area contributed by atoms with Crippen molar-refractivity contribution in [1.29, 1.82) is 0 Å². The third kappa shape index (κ3) is 5.75. The zero-order chi connectivity index (χ0) is 28.8. The third-order valence-electron chi connectivity index (χ3n) is 7.95. The predicted octanol–water partition coefficient (Wildman–Crippen LogP) is 3.74. The van der Waals surface area contributed by atoms with Gasteiger partial charge in [0.2, 0.25) is 0 Å². The van der Waals surface area contributed by atoms with Crippen molar-refractivity contribution < 1.29 is 8.42 Å². The minimum atomic E-state index is -2.91. The number of nitrogens with one attached hydrogen (secondary N) is 1. The molecule has 6 heterocycles. The quantitative estimate of drug-likeness (QED) is 0.299. The summed E-state index contributed by atoms with van der Waals surface area (Å²) in [4.78, 5) is 12.0. The molecule has 41 heavy (non-hydrogen) atoms. The number of aromatic nitrogens is 7. The highest BCUT2D eigenvalue weighted by atomic mass is 32.2. The van der Waals surface area contributed by atoms with E-state index in [0.29, 0.717) is 13.1 Å². The first-order valence-electron chi connectivity index (χ1n) is 13.7. The number of sulfone groups is 1. The molecule has 11 nitrogen and oxygen atoms in total. The molecule has 1 aliphatic heterocycles. The molecule has 6 rings (SSSR count). The lowest BCUT2D eigenvalue weighted by Gasteiger charge is -2.41. The first kappa shape index (κ1) is 27.2. The number of rotatable bonds is 8. The highest BCUT2D eigenvalue weighted by Gasteiger charge is 2.32. The molecule has 0 aliphatic carbocycles. The van der Waals surface area contributed by atoms with Gasteiger partial charge in [0.05, 0.1) is 41.0 Å². The molecule has 0 bridgehead atoms. The summed E-state index contributed by atoms with van der Waals surface area (Å²) in [6.07, 6.45) is 13.2. The normalized spacial score (nSPS) is 15.9. The van der Waals surface area contributed by atoms with Gasteiger partial charge in [-0.1, -0.05) is 0 Å². The number of anilines is 2. The van der Waals surface area contributed by atoms with Crippen LogP contribution in [0.5, 0.6) is 0 Å². The van der Waals surface area contributed by atoms with Crippen LogP contribution < -0.4 is 5.32 Å². The van der Waals surface area contributed by atoms with Gasteiger partial charge >= 0.3 is 0 Å². The average molecular weight is 574 g/mol. The van der Waals surface area contributed by atoms with Crippen molar-refractivity contribution in [3.8, 4) is 16.9 Å². The molecule has 5 aromatic heterocycles. The van der Waals surface area contributed by atoms with Crippen LogP contribution >= 0.6 is 0 Å². The molecule has 1 aliphatic rings. The van der Waals surface area contributed by atoms with Crippen LogP contribution in [0.15, 0.2) is 61.4 Å². The van der Waals surface area contributed by atoms with Gasteiger partial charge in [-0.05, 0) is 56.5 Å². The summed E-state index contributed by atoms with van der Waals surface area (Å²) in [6.45, 7) is 5.59. The van der Waals surface area contributed by atoms with Gasteiger partial charge < -0.3 is 5.32 Å². The maximum atomic E-state index is 12.0. The van der Waals surface area contributed by atoms with Crippen molar-refractivity contribution in [2.24, 2.45) is 14.1 Å². The monoisotopic (exact) mass is 573 g/mol. The Morgan fingerprint density at radius 2 is 1.68 bits per heavy atom. The zero-order valence-electron chi connectivity index (χ0n) is 23.8. The van der Waals surface area contributed by atoms with Crippen LogP contribution in [0.1, 0.15) is 25.8 Å². The third-order valence-corrected chi connectivity index (χ3v) is 9.56. The van der Waals surface area contributed by atoms with Crippen molar-refractivity contribution in [2.45, 2.75) is 32.2 Å². The minimum absolute atomic E-state index is 0.122. The average Bonchev–Trinajstić information content (AvgIpc) is 3.65. The maximum absolute atomic E-state index is 12.0. The smallest absolute Gasteiger partial charge is 0.152 e. The van der Waals surface area contributed by atoms with Gasteiger partial charge in [0.1, 0.15) is 11.5 Å². The summed E-state index contributed by atoms with van der Waals surface area (Å²) in [5.74, 6) is 1.20. The van der Waals surface area contributed by atoms with Crippen molar-refractivity contribution in [1.82, 2.24) is 39.0 Å². The van der Waals surface area contributed by atoms with Gasteiger partial charge in [-0.15, -0.1) is 0 Å². The number of hydrogen-bond donors (Lipinski definition) is 1. The second-order valence-electron chi connectivity index (χ2n) is 11.4. The van der Waals surface area contributed by atoms with Crippen molar-refractivity contribution >= 4 is 32.4 Å².